The zero-order chi connectivity index (χ0) is 13.4. The first-order valence-corrected chi connectivity index (χ1v) is 6.49. The maximum Gasteiger partial charge on any atom is 0.416 e. The van der Waals surface area contributed by atoms with E-state index in [1.807, 2.05) is 6.92 Å². The van der Waals surface area contributed by atoms with Gasteiger partial charge in [-0.25, -0.2) is 0 Å². The quantitative estimate of drug-likeness (QED) is 0.898. The minimum Gasteiger partial charge on any atom is -0.337 e. The third-order valence-corrected chi connectivity index (χ3v) is 4.47. The van der Waals surface area contributed by atoms with E-state index in [0.29, 0.717) is 12.0 Å². The molecule has 1 heterocycles. The van der Waals surface area contributed by atoms with Crippen molar-refractivity contribution in [2.75, 3.05) is 5.75 Å². The fourth-order valence-electron chi connectivity index (χ4n) is 1.98. The third kappa shape index (κ3) is 2.34. The van der Waals surface area contributed by atoms with Gasteiger partial charge in [0, 0.05) is 0 Å². The van der Waals surface area contributed by atoms with Crippen molar-refractivity contribution in [2.45, 2.75) is 24.4 Å². The van der Waals surface area contributed by atoms with E-state index in [1.54, 1.807) is 6.07 Å². The van der Waals surface area contributed by atoms with Crippen LogP contribution in [0.1, 0.15) is 24.5 Å². The first-order chi connectivity index (χ1) is 8.37. The van der Waals surface area contributed by atoms with Crippen molar-refractivity contribution in [3.63, 3.8) is 0 Å². The molecular weight excluding hydrogens is 263 g/mol. The second-order valence-electron chi connectivity index (χ2n) is 4.10. The molecular formula is C12H12F3NOS. The van der Waals surface area contributed by atoms with Gasteiger partial charge in [-0.15, -0.1) is 11.8 Å². The molecule has 2 nitrogen and oxygen atoms in total. The Kier molecular flexibility index (Phi) is 3.31. The number of carbonyl (C=O) groups excluding carboxylic acids is 1. The summed E-state index contributed by atoms with van der Waals surface area (Å²) in [6.07, 6.45) is -3.82. The van der Waals surface area contributed by atoms with Gasteiger partial charge in [-0.3, -0.25) is 4.79 Å². The molecule has 6 heteroatoms. The molecule has 2 rings (SSSR count). The largest absolute Gasteiger partial charge is 0.416 e. The number of benzene rings is 1. The summed E-state index contributed by atoms with van der Waals surface area (Å²) in [5, 5.41) is 2.77. The molecule has 0 aliphatic carbocycles. The molecule has 1 saturated heterocycles. The molecule has 18 heavy (non-hydrogen) atoms. The Morgan fingerprint density at radius 1 is 1.44 bits per heavy atom. The normalized spacial score (nSPS) is 24.1. The van der Waals surface area contributed by atoms with Crippen LogP contribution in [0.2, 0.25) is 0 Å². The van der Waals surface area contributed by atoms with Gasteiger partial charge in [-0.2, -0.15) is 13.2 Å². The molecule has 1 N–H and O–H groups in total. The van der Waals surface area contributed by atoms with Crippen LogP contribution >= 0.6 is 11.8 Å². The van der Waals surface area contributed by atoms with E-state index in [9.17, 15) is 18.0 Å². The number of nitrogens with one attached hydrogen (secondary N) is 1. The minimum absolute atomic E-state index is 0.140. The van der Waals surface area contributed by atoms with E-state index in [0.717, 1.165) is 12.1 Å². The van der Waals surface area contributed by atoms with Gasteiger partial charge in [0.05, 0.1) is 11.3 Å². The highest BCUT2D eigenvalue weighted by Gasteiger charge is 2.40. The lowest BCUT2D eigenvalue weighted by Crippen LogP contribution is -2.36. The number of hydrogen-bond donors (Lipinski definition) is 1. The highest BCUT2D eigenvalue weighted by atomic mass is 32.2. The van der Waals surface area contributed by atoms with Crippen molar-refractivity contribution < 1.29 is 18.0 Å². The maximum atomic E-state index is 12.7. The molecule has 0 aromatic heterocycles. The van der Waals surface area contributed by atoms with Crippen molar-refractivity contribution in [2.24, 2.45) is 0 Å². The predicted octanol–water partition coefficient (Wildman–Crippen LogP) is 3.13. The molecule has 98 valence electrons. The van der Waals surface area contributed by atoms with E-state index >= 15 is 0 Å². The van der Waals surface area contributed by atoms with Gasteiger partial charge >= 0.3 is 6.18 Å². The molecule has 0 radical (unpaired) electrons. The minimum atomic E-state index is -4.36. The smallest absolute Gasteiger partial charge is 0.337 e. The van der Waals surface area contributed by atoms with Crippen LogP contribution in [-0.4, -0.2) is 11.7 Å². The molecule has 1 aromatic rings. The van der Waals surface area contributed by atoms with E-state index in [-0.39, 0.29) is 11.7 Å². The fraction of sp³-hybridized carbons (Fsp3) is 0.417. The van der Waals surface area contributed by atoms with Crippen molar-refractivity contribution in [3.05, 3.63) is 35.4 Å². The summed E-state index contributed by atoms with van der Waals surface area (Å²) in [5.41, 5.74) is -0.190. The lowest BCUT2D eigenvalue weighted by atomic mass is 10.0. The topological polar surface area (TPSA) is 29.1 Å². The van der Waals surface area contributed by atoms with Gasteiger partial charge in [-0.05, 0) is 24.1 Å². The number of alkyl halides is 3. The van der Waals surface area contributed by atoms with Gasteiger partial charge in [0.1, 0.15) is 4.87 Å². The van der Waals surface area contributed by atoms with Crippen molar-refractivity contribution in [3.8, 4) is 0 Å². The summed E-state index contributed by atoms with van der Waals surface area (Å²) < 4.78 is 38.0. The summed E-state index contributed by atoms with van der Waals surface area (Å²) >= 11 is 1.34. The molecule has 1 aliphatic heterocycles. The zero-order valence-corrected chi connectivity index (χ0v) is 10.5. The van der Waals surface area contributed by atoms with Gasteiger partial charge in [0.2, 0.25) is 5.91 Å². The second-order valence-corrected chi connectivity index (χ2v) is 5.37. The Labute approximate surface area is 107 Å². The van der Waals surface area contributed by atoms with Crippen LogP contribution in [0, 0.1) is 0 Å². The average Bonchev–Trinajstić information content (AvgIpc) is 2.71. The Hall–Kier alpha value is -1.17. The van der Waals surface area contributed by atoms with Gasteiger partial charge in [0.15, 0.2) is 0 Å². The van der Waals surface area contributed by atoms with Gasteiger partial charge < -0.3 is 5.32 Å². The van der Waals surface area contributed by atoms with Gasteiger partial charge in [0.25, 0.3) is 0 Å². The van der Waals surface area contributed by atoms with E-state index in [4.69, 9.17) is 0 Å². The van der Waals surface area contributed by atoms with Crippen LogP contribution in [0.25, 0.3) is 0 Å². The Balaban J connectivity index is 2.41. The molecule has 1 aliphatic rings. The number of carbonyl (C=O) groups is 1. The summed E-state index contributed by atoms with van der Waals surface area (Å²) in [6, 6.07) is 5.15. The van der Waals surface area contributed by atoms with E-state index in [1.165, 1.54) is 17.8 Å². The maximum absolute atomic E-state index is 12.7. The van der Waals surface area contributed by atoms with E-state index in [2.05, 4.69) is 5.32 Å². The second kappa shape index (κ2) is 4.50. The number of amides is 1. The van der Waals surface area contributed by atoms with Crippen LogP contribution < -0.4 is 5.32 Å². The average molecular weight is 275 g/mol. The van der Waals surface area contributed by atoms with E-state index < -0.39 is 16.6 Å². The number of rotatable bonds is 2. The highest BCUT2D eigenvalue weighted by Crippen LogP contribution is 2.42. The Bertz CT molecular complexity index is 475. The number of halogens is 3. The standard InChI is InChI=1S/C12H12F3NOS/c1-2-11(16-10(17)7-18-11)8-4-3-5-9(6-8)12(13,14)15/h3-6H,2,7H2,1H3,(H,16,17). The summed E-state index contributed by atoms with van der Waals surface area (Å²) in [6.45, 7) is 1.85. The molecule has 0 spiro atoms. The molecule has 1 amide bonds. The van der Waals surface area contributed by atoms with Crippen molar-refractivity contribution in [1.29, 1.82) is 0 Å². The monoisotopic (exact) mass is 275 g/mol. The molecule has 1 unspecified atom stereocenters. The Morgan fingerprint density at radius 3 is 2.67 bits per heavy atom. The molecule has 0 saturated carbocycles. The van der Waals surface area contributed by atoms with Crippen LogP contribution in [0.3, 0.4) is 0 Å². The third-order valence-electron chi connectivity index (χ3n) is 2.95. The van der Waals surface area contributed by atoms with Gasteiger partial charge in [-0.1, -0.05) is 19.1 Å². The number of thioether (sulfide) groups is 1. The molecule has 1 aromatic carbocycles. The summed E-state index contributed by atoms with van der Waals surface area (Å²) in [5.74, 6) is 0.142. The summed E-state index contributed by atoms with van der Waals surface area (Å²) in [4.78, 5) is 10.6. The lowest BCUT2D eigenvalue weighted by molar-refractivity contribution is -0.137. The van der Waals surface area contributed by atoms with Crippen molar-refractivity contribution >= 4 is 17.7 Å². The number of hydrogen-bond acceptors (Lipinski definition) is 2. The molecule has 1 atom stereocenters. The van der Waals surface area contributed by atoms with Crippen LogP contribution in [0.15, 0.2) is 24.3 Å². The molecule has 0 bridgehead atoms. The predicted molar refractivity (Wildman–Crippen MR) is 64.0 cm³/mol. The Morgan fingerprint density at radius 2 is 2.17 bits per heavy atom. The van der Waals surface area contributed by atoms with Crippen LogP contribution in [-0.2, 0) is 15.8 Å². The van der Waals surface area contributed by atoms with Crippen molar-refractivity contribution in [1.82, 2.24) is 5.32 Å². The fourth-order valence-corrected chi connectivity index (χ4v) is 3.12. The SMILES string of the molecule is CCC1(c2cccc(C(F)(F)F)c2)NC(=O)CS1. The first-order valence-electron chi connectivity index (χ1n) is 5.50. The first kappa shape index (κ1) is 13.3. The van der Waals surface area contributed by atoms with Crippen LogP contribution in [0.4, 0.5) is 13.2 Å². The zero-order valence-electron chi connectivity index (χ0n) is 9.67. The lowest BCUT2D eigenvalue weighted by Gasteiger charge is -2.27. The molecule has 1 fully saturated rings. The summed E-state index contributed by atoms with van der Waals surface area (Å²) in [7, 11) is 0. The van der Waals surface area contributed by atoms with Crippen LogP contribution in [0.5, 0.6) is 0 Å². The highest BCUT2D eigenvalue weighted by molar-refractivity contribution is 8.01.